The highest BCUT2D eigenvalue weighted by atomic mass is 16.3. The smallest absolute Gasteiger partial charge is 0.179 e. The van der Waals surface area contributed by atoms with E-state index in [9.17, 15) is 14.7 Å². The fourth-order valence-electron chi connectivity index (χ4n) is 3.15. The fourth-order valence-corrected chi connectivity index (χ4v) is 3.15. The molecule has 0 saturated heterocycles. The van der Waals surface area contributed by atoms with Crippen LogP contribution in [-0.4, -0.2) is 16.7 Å². The first-order valence-electron chi connectivity index (χ1n) is 6.94. The highest BCUT2D eigenvalue weighted by Crippen LogP contribution is 2.48. The van der Waals surface area contributed by atoms with E-state index in [2.05, 4.69) is 0 Å². The lowest BCUT2D eigenvalue weighted by molar-refractivity contribution is -0.128. The van der Waals surface area contributed by atoms with Crippen molar-refractivity contribution in [1.82, 2.24) is 0 Å². The molecule has 3 rings (SSSR count). The summed E-state index contributed by atoms with van der Waals surface area (Å²) < 4.78 is 0. The minimum atomic E-state index is -1.40. The Morgan fingerprint density at radius 3 is 2.29 bits per heavy atom. The maximum atomic E-state index is 12.9. The maximum absolute atomic E-state index is 12.9. The summed E-state index contributed by atoms with van der Waals surface area (Å²) in [7, 11) is 0. The summed E-state index contributed by atoms with van der Waals surface area (Å²) in [5.41, 5.74) is 0.603. The Kier molecular flexibility index (Phi) is 3.22. The molecule has 3 heteroatoms. The maximum Gasteiger partial charge on any atom is 0.179 e. The number of rotatable bonds is 3. The minimum Gasteiger partial charge on any atom is -0.387 e. The molecular formula is C18H16O3. The van der Waals surface area contributed by atoms with Gasteiger partial charge in [0.15, 0.2) is 5.78 Å². The SMILES string of the molecule is CC(=O)[C@]1(C(=O)c2ccccc2)Cc2ccccc2[C@H]1O. The number of fused-ring (bicyclic) bond motifs is 1. The van der Waals surface area contributed by atoms with Crippen molar-refractivity contribution in [3.63, 3.8) is 0 Å². The summed E-state index contributed by atoms with van der Waals surface area (Å²) >= 11 is 0. The summed E-state index contributed by atoms with van der Waals surface area (Å²) in [6.45, 7) is 1.38. The second kappa shape index (κ2) is 4.93. The highest BCUT2D eigenvalue weighted by Gasteiger charge is 2.54. The molecule has 0 spiro atoms. The third-order valence-electron chi connectivity index (χ3n) is 4.36. The van der Waals surface area contributed by atoms with Crippen LogP contribution >= 0.6 is 0 Å². The zero-order valence-electron chi connectivity index (χ0n) is 11.7. The summed E-state index contributed by atoms with van der Waals surface area (Å²) in [5, 5.41) is 10.7. The van der Waals surface area contributed by atoms with Crippen LogP contribution in [0.1, 0.15) is 34.5 Å². The standard InChI is InChI=1S/C18H16O3/c1-12(19)18(16(20)13-7-3-2-4-8-13)11-14-9-5-6-10-15(14)17(18)21/h2-10,17,21H,11H2,1H3/t17-,18+/m1/s1. The summed E-state index contributed by atoms with van der Waals surface area (Å²) in [4.78, 5) is 25.2. The number of hydrogen-bond donors (Lipinski definition) is 1. The van der Waals surface area contributed by atoms with Gasteiger partial charge in [0, 0.05) is 5.56 Å². The molecule has 2 aromatic carbocycles. The van der Waals surface area contributed by atoms with E-state index in [1.807, 2.05) is 24.3 Å². The van der Waals surface area contributed by atoms with Crippen molar-refractivity contribution in [3.05, 3.63) is 71.3 Å². The molecule has 0 amide bonds. The Labute approximate surface area is 123 Å². The van der Waals surface area contributed by atoms with Gasteiger partial charge in [-0.25, -0.2) is 0 Å². The average Bonchev–Trinajstić information content (AvgIpc) is 2.82. The third kappa shape index (κ3) is 1.93. The lowest BCUT2D eigenvalue weighted by Crippen LogP contribution is -2.42. The number of carbonyl (C=O) groups excluding carboxylic acids is 2. The summed E-state index contributed by atoms with van der Waals surface area (Å²) in [5.74, 6) is -0.598. The summed E-state index contributed by atoms with van der Waals surface area (Å²) in [6.07, 6.45) is -0.827. The van der Waals surface area contributed by atoms with Gasteiger partial charge in [0.2, 0.25) is 0 Å². The Bertz CT molecular complexity index is 705. The molecule has 1 N–H and O–H groups in total. The Hall–Kier alpha value is -2.26. The van der Waals surface area contributed by atoms with Crippen molar-refractivity contribution in [2.75, 3.05) is 0 Å². The molecule has 2 aromatic rings. The van der Waals surface area contributed by atoms with Crippen molar-refractivity contribution in [2.24, 2.45) is 5.41 Å². The van der Waals surface area contributed by atoms with Crippen LogP contribution in [-0.2, 0) is 11.2 Å². The van der Waals surface area contributed by atoms with Crippen LogP contribution in [0, 0.1) is 5.41 Å². The number of aliphatic hydroxyl groups excluding tert-OH is 1. The molecule has 1 aliphatic rings. The van der Waals surface area contributed by atoms with Gasteiger partial charge in [-0.05, 0) is 24.5 Å². The lowest BCUT2D eigenvalue weighted by Gasteiger charge is -2.28. The molecule has 106 valence electrons. The number of ketones is 2. The van der Waals surface area contributed by atoms with Crippen LogP contribution in [0.25, 0.3) is 0 Å². The van der Waals surface area contributed by atoms with Gasteiger partial charge < -0.3 is 5.11 Å². The van der Waals surface area contributed by atoms with Crippen molar-refractivity contribution in [3.8, 4) is 0 Å². The predicted octanol–water partition coefficient (Wildman–Crippen LogP) is 2.73. The molecule has 3 nitrogen and oxygen atoms in total. The van der Waals surface area contributed by atoms with Gasteiger partial charge in [-0.2, -0.15) is 0 Å². The zero-order valence-corrected chi connectivity index (χ0v) is 11.7. The van der Waals surface area contributed by atoms with E-state index in [0.29, 0.717) is 11.1 Å². The molecule has 0 saturated carbocycles. The fraction of sp³-hybridized carbons (Fsp3) is 0.222. The highest BCUT2D eigenvalue weighted by molar-refractivity contribution is 6.15. The predicted molar refractivity (Wildman–Crippen MR) is 79.0 cm³/mol. The molecule has 2 atom stereocenters. The second-order valence-corrected chi connectivity index (χ2v) is 5.50. The van der Waals surface area contributed by atoms with E-state index in [4.69, 9.17) is 0 Å². The van der Waals surface area contributed by atoms with Crippen LogP contribution in [0.3, 0.4) is 0 Å². The van der Waals surface area contributed by atoms with Gasteiger partial charge in [-0.3, -0.25) is 9.59 Å². The van der Waals surface area contributed by atoms with Crippen LogP contribution in [0.2, 0.25) is 0 Å². The molecule has 0 unspecified atom stereocenters. The first-order chi connectivity index (χ1) is 10.1. The van der Waals surface area contributed by atoms with Gasteiger partial charge in [-0.15, -0.1) is 0 Å². The van der Waals surface area contributed by atoms with Crippen LogP contribution in [0.15, 0.2) is 54.6 Å². The summed E-state index contributed by atoms with van der Waals surface area (Å²) in [6, 6.07) is 16.0. The quantitative estimate of drug-likeness (QED) is 0.694. The van der Waals surface area contributed by atoms with E-state index in [-0.39, 0.29) is 18.0 Å². The first-order valence-corrected chi connectivity index (χ1v) is 6.94. The van der Waals surface area contributed by atoms with Crippen LogP contribution < -0.4 is 0 Å². The molecule has 0 aliphatic heterocycles. The number of benzene rings is 2. The van der Waals surface area contributed by atoms with E-state index < -0.39 is 11.5 Å². The van der Waals surface area contributed by atoms with E-state index >= 15 is 0 Å². The van der Waals surface area contributed by atoms with Gasteiger partial charge in [0.1, 0.15) is 11.2 Å². The first kappa shape index (κ1) is 13.7. The topological polar surface area (TPSA) is 54.4 Å². The van der Waals surface area contributed by atoms with Crippen molar-refractivity contribution in [1.29, 1.82) is 0 Å². The zero-order chi connectivity index (χ0) is 15.0. The van der Waals surface area contributed by atoms with Crippen molar-refractivity contribution >= 4 is 11.6 Å². The Balaban J connectivity index is 2.12. The third-order valence-corrected chi connectivity index (χ3v) is 4.36. The molecule has 0 radical (unpaired) electrons. The van der Waals surface area contributed by atoms with E-state index in [0.717, 1.165) is 5.56 Å². The second-order valence-electron chi connectivity index (χ2n) is 5.50. The van der Waals surface area contributed by atoms with Crippen molar-refractivity contribution < 1.29 is 14.7 Å². The van der Waals surface area contributed by atoms with Gasteiger partial charge in [0.25, 0.3) is 0 Å². The number of aliphatic hydroxyl groups is 1. The van der Waals surface area contributed by atoms with Crippen molar-refractivity contribution in [2.45, 2.75) is 19.4 Å². The Morgan fingerprint density at radius 2 is 1.67 bits per heavy atom. The largest absolute Gasteiger partial charge is 0.387 e. The molecule has 0 fully saturated rings. The normalized spacial score (nSPS) is 23.6. The van der Waals surface area contributed by atoms with E-state index in [1.165, 1.54) is 6.92 Å². The number of carbonyl (C=O) groups is 2. The van der Waals surface area contributed by atoms with E-state index in [1.54, 1.807) is 30.3 Å². The Morgan fingerprint density at radius 1 is 1.05 bits per heavy atom. The molecule has 1 aliphatic carbocycles. The monoisotopic (exact) mass is 280 g/mol. The molecule has 0 heterocycles. The molecular weight excluding hydrogens is 264 g/mol. The lowest BCUT2D eigenvalue weighted by atomic mass is 9.73. The van der Waals surface area contributed by atoms with Gasteiger partial charge in [-0.1, -0.05) is 54.6 Å². The van der Waals surface area contributed by atoms with Gasteiger partial charge >= 0.3 is 0 Å². The molecule has 21 heavy (non-hydrogen) atoms. The molecule has 0 bridgehead atoms. The van der Waals surface area contributed by atoms with Crippen LogP contribution in [0.4, 0.5) is 0 Å². The van der Waals surface area contributed by atoms with Crippen LogP contribution in [0.5, 0.6) is 0 Å². The minimum absolute atomic E-state index is 0.257. The van der Waals surface area contributed by atoms with Gasteiger partial charge in [0.05, 0.1) is 6.10 Å². The average molecular weight is 280 g/mol. The number of Topliss-reactive ketones (excluding diaryl/α,β-unsaturated/α-hetero) is 2. The molecule has 0 aromatic heterocycles. The number of hydrogen-bond acceptors (Lipinski definition) is 3.